The molecule has 0 atom stereocenters. The Kier molecular flexibility index (Phi) is 4.85. The summed E-state index contributed by atoms with van der Waals surface area (Å²) in [5, 5.41) is 6.79. The van der Waals surface area contributed by atoms with Crippen LogP contribution in [-0.4, -0.2) is 27.2 Å². The maximum absolute atomic E-state index is 11.8. The summed E-state index contributed by atoms with van der Waals surface area (Å²) < 4.78 is 6.96. The van der Waals surface area contributed by atoms with Crippen LogP contribution >= 0.6 is 0 Å². The highest BCUT2D eigenvalue weighted by molar-refractivity contribution is 5.75. The summed E-state index contributed by atoms with van der Waals surface area (Å²) in [5.74, 6) is 1.66. The van der Waals surface area contributed by atoms with Gasteiger partial charge in [0.1, 0.15) is 6.54 Å². The summed E-state index contributed by atoms with van der Waals surface area (Å²) in [4.78, 5) is 27.2. The van der Waals surface area contributed by atoms with Crippen molar-refractivity contribution in [3.8, 4) is 0 Å². The number of carbonyl (C=O) groups excluding carboxylic acids is 1. The van der Waals surface area contributed by atoms with Crippen molar-refractivity contribution in [2.24, 2.45) is 0 Å². The van der Waals surface area contributed by atoms with Crippen LogP contribution in [0.2, 0.25) is 0 Å². The lowest BCUT2D eigenvalue weighted by molar-refractivity contribution is -0.121. The largest absolute Gasteiger partial charge is 0.354 e. The lowest BCUT2D eigenvalue weighted by Gasteiger charge is -2.06. The third-order valence-corrected chi connectivity index (χ3v) is 4.05. The lowest BCUT2D eigenvalue weighted by atomic mass is 10.1. The first-order valence-electron chi connectivity index (χ1n) is 7.96. The SMILES string of the molecule is O=C(Cn1ccc(=O)cc1)NCCc1noc(C2CCCC2)n1. The molecule has 0 bridgehead atoms. The zero-order valence-electron chi connectivity index (χ0n) is 12.9. The number of rotatable bonds is 6. The van der Waals surface area contributed by atoms with E-state index in [1.54, 1.807) is 17.0 Å². The number of pyridine rings is 1. The summed E-state index contributed by atoms with van der Waals surface area (Å²) in [6, 6.07) is 2.86. The summed E-state index contributed by atoms with van der Waals surface area (Å²) in [6.07, 6.45) is 8.43. The predicted molar refractivity (Wildman–Crippen MR) is 82.9 cm³/mol. The van der Waals surface area contributed by atoms with Gasteiger partial charge in [0.25, 0.3) is 0 Å². The first-order valence-corrected chi connectivity index (χ1v) is 7.96. The smallest absolute Gasteiger partial charge is 0.239 e. The van der Waals surface area contributed by atoms with Crippen molar-refractivity contribution in [2.75, 3.05) is 6.54 Å². The van der Waals surface area contributed by atoms with Crippen LogP contribution in [0.15, 0.2) is 33.8 Å². The molecule has 122 valence electrons. The van der Waals surface area contributed by atoms with Crippen LogP contribution in [0.25, 0.3) is 0 Å². The van der Waals surface area contributed by atoms with Gasteiger partial charge in [-0.05, 0) is 12.8 Å². The van der Waals surface area contributed by atoms with Gasteiger partial charge in [-0.1, -0.05) is 18.0 Å². The van der Waals surface area contributed by atoms with Gasteiger partial charge in [-0.2, -0.15) is 4.98 Å². The fourth-order valence-corrected chi connectivity index (χ4v) is 2.79. The minimum absolute atomic E-state index is 0.0724. The van der Waals surface area contributed by atoms with E-state index in [-0.39, 0.29) is 17.9 Å². The number of aromatic nitrogens is 3. The predicted octanol–water partition coefficient (Wildman–Crippen LogP) is 1.25. The normalized spacial score (nSPS) is 15.0. The Labute approximate surface area is 133 Å². The van der Waals surface area contributed by atoms with E-state index in [1.165, 1.54) is 25.0 Å². The Morgan fingerprint density at radius 3 is 2.78 bits per heavy atom. The maximum Gasteiger partial charge on any atom is 0.239 e. The molecule has 1 aliphatic carbocycles. The van der Waals surface area contributed by atoms with Crippen molar-refractivity contribution < 1.29 is 9.32 Å². The highest BCUT2D eigenvalue weighted by Crippen LogP contribution is 2.32. The number of nitrogens with one attached hydrogen (secondary N) is 1. The second-order valence-corrected chi connectivity index (χ2v) is 5.84. The molecular weight excluding hydrogens is 296 g/mol. The maximum atomic E-state index is 11.8. The topological polar surface area (TPSA) is 90.0 Å². The molecule has 0 saturated heterocycles. The molecule has 0 aliphatic heterocycles. The standard InChI is InChI=1S/C16H20N4O3/c21-13-6-9-20(10-7-13)11-15(22)17-8-5-14-18-16(23-19-14)12-3-1-2-4-12/h6-7,9-10,12H,1-5,8,11H2,(H,17,22). The molecule has 2 heterocycles. The average molecular weight is 316 g/mol. The molecule has 0 spiro atoms. The van der Waals surface area contributed by atoms with Crippen molar-refractivity contribution in [3.63, 3.8) is 0 Å². The van der Waals surface area contributed by atoms with E-state index < -0.39 is 0 Å². The Morgan fingerprint density at radius 2 is 2.04 bits per heavy atom. The summed E-state index contributed by atoms with van der Waals surface area (Å²) in [6.45, 7) is 0.641. The van der Waals surface area contributed by atoms with Crippen molar-refractivity contribution >= 4 is 5.91 Å². The third kappa shape index (κ3) is 4.28. The Balaban J connectivity index is 1.43. The fourth-order valence-electron chi connectivity index (χ4n) is 2.79. The van der Waals surface area contributed by atoms with Crippen molar-refractivity contribution in [3.05, 3.63) is 46.5 Å². The van der Waals surface area contributed by atoms with Gasteiger partial charge in [-0.25, -0.2) is 0 Å². The number of hydrogen-bond acceptors (Lipinski definition) is 5. The zero-order chi connectivity index (χ0) is 16.1. The average Bonchev–Trinajstić information content (AvgIpc) is 3.20. The van der Waals surface area contributed by atoms with Gasteiger partial charge in [0.2, 0.25) is 11.8 Å². The van der Waals surface area contributed by atoms with Gasteiger partial charge in [-0.15, -0.1) is 0 Å². The molecule has 2 aromatic heterocycles. The van der Waals surface area contributed by atoms with Crippen molar-refractivity contribution in [1.29, 1.82) is 0 Å². The van der Waals surface area contributed by atoms with Crippen LogP contribution in [0.1, 0.15) is 43.3 Å². The molecule has 0 aromatic carbocycles. The van der Waals surface area contributed by atoms with E-state index in [4.69, 9.17) is 4.52 Å². The zero-order valence-corrected chi connectivity index (χ0v) is 12.9. The Morgan fingerprint density at radius 1 is 1.30 bits per heavy atom. The van der Waals surface area contributed by atoms with Crippen LogP contribution in [0.4, 0.5) is 0 Å². The van der Waals surface area contributed by atoms with E-state index in [2.05, 4.69) is 15.5 Å². The fraction of sp³-hybridized carbons (Fsp3) is 0.500. The molecule has 7 nitrogen and oxygen atoms in total. The van der Waals surface area contributed by atoms with E-state index in [0.29, 0.717) is 24.7 Å². The van der Waals surface area contributed by atoms with Crippen molar-refractivity contribution in [2.45, 2.75) is 44.6 Å². The number of hydrogen-bond donors (Lipinski definition) is 1. The molecule has 1 N–H and O–H groups in total. The Hall–Kier alpha value is -2.44. The minimum Gasteiger partial charge on any atom is -0.354 e. The lowest BCUT2D eigenvalue weighted by Crippen LogP contribution is -2.29. The summed E-state index contributed by atoms with van der Waals surface area (Å²) in [5.41, 5.74) is -0.0724. The highest BCUT2D eigenvalue weighted by Gasteiger charge is 2.22. The third-order valence-electron chi connectivity index (χ3n) is 4.05. The highest BCUT2D eigenvalue weighted by atomic mass is 16.5. The van der Waals surface area contributed by atoms with E-state index >= 15 is 0 Å². The van der Waals surface area contributed by atoms with Gasteiger partial charge in [0.15, 0.2) is 11.3 Å². The summed E-state index contributed by atoms with van der Waals surface area (Å²) >= 11 is 0. The van der Waals surface area contributed by atoms with Crippen LogP contribution < -0.4 is 10.7 Å². The summed E-state index contributed by atoms with van der Waals surface area (Å²) in [7, 11) is 0. The first-order chi connectivity index (χ1) is 11.2. The van der Waals surface area contributed by atoms with Gasteiger partial charge < -0.3 is 14.4 Å². The molecule has 23 heavy (non-hydrogen) atoms. The molecule has 3 rings (SSSR count). The van der Waals surface area contributed by atoms with E-state index in [0.717, 1.165) is 18.7 Å². The van der Waals surface area contributed by atoms with Crippen LogP contribution in [0.3, 0.4) is 0 Å². The molecule has 0 unspecified atom stereocenters. The number of carbonyl (C=O) groups is 1. The van der Waals surface area contributed by atoms with Crippen LogP contribution in [0.5, 0.6) is 0 Å². The van der Waals surface area contributed by atoms with Gasteiger partial charge in [-0.3, -0.25) is 9.59 Å². The number of nitrogens with zero attached hydrogens (tertiary/aromatic N) is 3. The monoisotopic (exact) mass is 316 g/mol. The van der Waals surface area contributed by atoms with Crippen LogP contribution in [0, 0.1) is 0 Å². The van der Waals surface area contributed by atoms with Gasteiger partial charge >= 0.3 is 0 Å². The number of amides is 1. The molecule has 1 aliphatic rings. The molecule has 1 saturated carbocycles. The van der Waals surface area contributed by atoms with Crippen LogP contribution in [-0.2, 0) is 17.8 Å². The van der Waals surface area contributed by atoms with Crippen molar-refractivity contribution in [1.82, 2.24) is 20.0 Å². The van der Waals surface area contributed by atoms with Gasteiger partial charge in [0, 0.05) is 43.4 Å². The molecule has 1 amide bonds. The second-order valence-electron chi connectivity index (χ2n) is 5.84. The quantitative estimate of drug-likeness (QED) is 0.866. The van der Waals surface area contributed by atoms with E-state index in [9.17, 15) is 9.59 Å². The minimum atomic E-state index is -0.117. The second kappa shape index (κ2) is 7.21. The van der Waals surface area contributed by atoms with Gasteiger partial charge in [0.05, 0.1) is 0 Å². The molecule has 2 aromatic rings. The molecular formula is C16H20N4O3. The molecule has 1 fully saturated rings. The first kappa shape index (κ1) is 15.5. The molecule has 7 heteroatoms. The molecule has 0 radical (unpaired) electrons. The Bertz CT molecular complexity index is 696. The van der Waals surface area contributed by atoms with E-state index in [1.807, 2.05) is 0 Å².